The fourth-order valence-corrected chi connectivity index (χ4v) is 4.77. The van der Waals surface area contributed by atoms with Gasteiger partial charge in [-0.25, -0.2) is 0 Å². The first-order valence-electron chi connectivity index (χ1n) is 8.94. The summed E-state index contributed by atoms with van der Waals surface area (Å²) in [4.78, 5) is 0. The van der Waals surface area contributed by atoms with E-state index >= 15 is 0 Å². The van der Waals surface area contributed by atoms with Gasteiger partial charge in [-0.05, 0) is 66.9 Å². The van der Waals surface area contributed by atoms with Crippen molar-refractivity contribution in [3.8, 4) is 0 Å². The van der Waals surface area contributed by atoms with Crippen LogP contribution >= 0.6 is 7.60 Å². The van der Waals surface area contributed by atoms with Crippen LogP contribution in [0.1, 0.15) is 33.3 Å². The Hall–Kier alpha value is -1.93. The lowest BCUT2D eigenvalue weighted by molar-refractivity contribution is 0.149. The van der Waals surface area contributed by atoms with Crippen LogP contribution in [0.2, 0.25) is 0 Å². The van der Waals surface area contributed by atoms with E-state index < -0.39 is 7.60 Å². The molecule has 0 heterocycles. The van der Waals surface area contributed by atoms with Gasteiger partial charge < -0.3 is 9.05 Å². The monoisotopic (exact) mass is 368 g/mol. The quantitative estimate of drug-likeness (QED) is 0.347. The Balaban J connectivity index is 2.16. The molecule has 0 amide bonds. The average Bonchev–Trinajstić information content (AvgIpc) is 2.57. The molecule has 3 aromatic carbocycles. The van der Waals surface area contributed by atoms with Gasteiger partial charge >= 0.3 is 7.60 Å². The first-order valence-corrected chi connectivity index (χ1v) is 10.6. The number of hydrogen-bond acceptors (Lipinski definition) is 3. The molecule has 0 aliphatic carbocycles. The number of fused-ring (bicyclic) bond motifs is 2. The summed E-state index contributed by atoms with van der Waals surface area (Å²) in [5.74, 6) is 1.60. The SMILES string of the molecule is CC(C)OP(=O)(/C=C/c1c2ccccc2cc2ccccc12)OC(C)C. The summed E-state index contributed by atoms with van der Waals surface area (Å²) in [5.41, 5.74) is 1.03. The molecule has 0 unspecified atom stereocenters. The van der Waals surface area contributed by atoms with Crippen LogP contribution in [0.4, 0.5) is 0 Å². The van der Waals surface area contributed by atoms with Crippen molar-refractivity contribution in [1.82, 2.24) is 0 Å². The molecule has 26 heavy (non-hydrogen) atoms. The Morgan fingerprint density at radius 2 is 1.27 bits per heavy atom. The molecule has 0 spiro atoms. The maximum Gasteiger partial charge on any atom is 0.354 e. The zero-order valence-corrected chi connectivity index (χ0v) is 16.6. The Morgan fingerprint density at radius 1 is 0.808 bits per heavy atom. The van der Waals surface area contributed by atoms with Crippen molar-refractivity contribution in [2.75, 3.05) is 0 Å². The van der Waals surface area contributed by atoms with Crippen molar-refractivity contribution in [3.63, 3.8) is 0 Å². The fourth-order valence-electron chi connectivity index (χ4n) is 3.08. The highest BCUT2D eigenvalue weighted by molar-refractivity contribution is 7.57. The smallest absolute Gasteiger partial charge is 0.303 e. The topological polar surface area (TPSA) is 35.5 Å². The molecule has 0 N–H and O–H groups in total. The third-order valence-corrected chi connectivity index (χ3v) is 5.90. The normalized spacial score (nSPS) is 12.8. The molecule has 0 saturated heterocycles. The number of hydrogen-bond donors (Lipinski definition) is 0. The molecule has 0 radical (unpaired) electrons. The average molecular weight is 368 g/mol. The number of benzene rings is 3. The predicted molar refractivity (Wildman–Crippen MR) is 111 cm³/mol. The molecule has 0 atom stereocenters. The van der Waals surface area contributed by atoms with Crippen LogP contribution in [0.3, 0.4) is 0 Å². The lowest BCUT2D eigenvalue weighted by Gasteiger charge is -2.20. The van der Waals surface area contributed by atoms with E-state index in [1.165, 1.54) is 0 Å². The van der Waals surface area contributed by atoms with Gasteiger partial charge in [0.25, 0.3) is 0 Å². The van der Waals surface area contributed by atoms with Gasteiger partial charge in [0, 0.05) is 5.82 Å². The second-order valence-electron chi connectivity index (χ2n) is 6.90. The lowest BCUT2D eigenvalue weighted by Crippen LogP contribution is -2.06. The van der Waals surface area contributed by atoms with Gasteiger partial charge in [0.2, 0.25) is 0 Å². The van der Waals surface area contributed by atoms with Crippen LogP contribution in [0.25, 0.3) is 27.6 Å². The van der Waals surface area contributed by atoms with E-state index in [2.05, 4.69) is 30.3 Å². The van der Waals surface area contributed by atoms with Gasteiger partial charge in [-0.15, -0.1) is 0 Å². The van der Waals surface area contributed by atoms with E-state index in [-0.39, 0.29) is 12.2 Å². The summed E-state index contributed by atoms with van der Waals surface area (Å²) in [6.45, 7) is 7.43. The summed E-state index contributed by atoms with van der Waals surface area (Å²) in [6.07, 6.45) is 1.51. The molecule has 3 nitrogen and oxygen atoms in total. The largest absolute Gasteiger partial charge is 0.354 e. The lowest BCUT2D eigenvalue weighted by atomic mass is 9.97. The maximum atomic E-state index is 13.1. The van der Waals surface area contributed by atoms with E-state index in [9.17, 15) is 4.57 Å². The van der Waals surface area contributed by atoms with E-state index in [0.29, 0.717) is 0 Å². The highest BCUT2D eigenvalue weighted by atomic mass is 31.2. The zero-order chi connectivity index (χ0) is 18.7. The molecule has 3 rings (SSSR count). The third kappa shape index (κ3) is 4.24. The van der Waals surface area contributed by atoms with E-state index in [1.807, 2.05) is 58.0 Å². The highest BCUT2D eigenvalue weighted by Crippen LogP contribution is 2.52. The summed E-state index contributed by atoms with van der Waals surface area (Å²) >= 11 is 0. The minimum absolute atomic E-state index is 0.187. The van der Waals surface area contributed by atoms with Crippen LogP contribution in [0, 0.1) is 0 Å². The summed E-state index contributed by atoms with van der Waals surface area (Å²) in [6, 6.07) is 18.6. The molecule has 136 valence electrons. The molecular formula is C22H25O3P. The first kappa shape index (κ1) is 18.8. The van der Waals surface area contributed by atoms with Crippen LogP contribution in [-0.2, 0) is 13.6 Å². The van der Waals surface area contributed by atoms with Crippen molar-refractivity contribution < 1.29 is 13.6 Å². The highest BCUT2D eigenvalue weighted by Gasteiger charge is 2.24. The van der Waals surface area contributed by atoms with Crippen LogP contribution < -0.4 is 0 Å². The first-order chi connectivity index (χ1) is 12.4. The standard InChI is InChI=1S/C22H25O3P/c1-16(2)24-26(23,25-17(3)4)14-13-22-20-11-7-5-9-18(20)15-19-10-6-8-12-21(19)22/h5-17H,1-4H3/b14-13+. The Morgan fingerprint density at radius 3 is 1.73 bits per heavy atom. The summed E-state index contributed by atoms with van der Waals surface area (Å²) in [5, 5.41) is 4.52. The second-order valence-corrected chi connectivity index (χ2v) is 8.70. The van der Waals surface area contributed by atoms with Crippen molar-refractivity contribution in [3.05, 3.63) is 66.0 Å². The van der Waals surface area contributed by atoms with Crippen LogP contribution in [-0.4, -0.2) is 12.2 Å². The van der Waals surface area contributed by atoms with Crippen LogP contribution in [0.5, 0.6) is 0 Å². The van der Waals surface area contributed by atoms with Crippen molar-refractivity contribution >= 4 is 35.2 Å². The minimum Gasteiger partial charge on any atom is -0.303 e. The molecule has 0 bridgehead atoms. The minimum atomic E-state index is -3.33. The Kier molecular flexibility index (Phi) is 5.62. The molecule has 0 aliphatic rings. The van der Waals surface area contributed by atoms with Gasteiger partial charge in [-0.1, -0.05) is 48.5 Å². The molecule has 4 heteroatoms. The number of rotatable bonds is 6. The Bertz CT molecular complexity index is 921. The van der Waals surface area contributed by atoms with E-state index in [4.69, 9.17) is 9.05 Å². The molecule has 3 aromatic rings. The van der Waals surface area contributed by atoms with Crippen LogP contribution in [0.15, 0.2) is 60.4 Å². The molecule has 0 aliphatic heterocycles. The predicted octanol–water partition coefficient (Wildman–Crippen LogP) is 7.01. The van der Waals surface area contributed by atoms with Crippen molar-refractivity contribution in [1.29, 1.82) is 0 Å². The Labute approximate surface area is 155 Å². The van der Waals surface area contributed by atoms with E-state index in [0.717, 1.165) is 27.1 Å². The third-order valence-electron chi connectivity index (χ3n) is 3.95. The van der Waals surface area contributed by atoms with Gasteiger partial charge in [0.05, 0.1) is 12.2 Å². The van der Waals surface area contributed by atoms with Gasteiger partial charge in [0.15, 0.2) is 0 Å². The zero-order valence-electron chi connectivity index (χ0n) is 15.7. The van der Waals surface area contributed by atoms with Crippen molar-refractivity contribution in [2.45, 2.75) is 39.9 Å². The summed E-state index contributed by atoms with van der Waals surface area (Å²) in [7, 11) is -3.33. The summed E-state index contributed by atoms with van der Waals surface area (Å²) < 4.78 is 24.4. The maximum absolute atomic E-state index is 13.1. The molecular weight excluding hydrogens is 343 g/mol. The fraction of sp³-hybridized carbons (Fsp3) is 0.273. The van der Waals surface area contributed by atoms with E-state index in [1.54, 1.807) is 5.82 Å². The molecule has 0 fully saturated rings. The second kappa shape index (κ2) is 7.75. The van der Waals surface area contributed by atoms with Gasteiger partial charge in [-0.3, -0.25) is 4.57 Å². The molecule has 0 saturated carbocycles. The van der Waals surface area contributed by atoms with Gasteiger partial charge in [-0.2, -0.15) is 0 Å². The van der Waals surface area contributed by atoms with Gasteiger partial charge in [0.1, 0.15) is 0 Å². The van der Waals surface area contributed by atoms with Crippen molar-refractivity contribution in [2.24, 2.45) is 0 Å². The molecule has 0 aromatic heterocycles.